The molecule has 2 amide bonds. The number of benzene rings is 1. The molecule has 1 atom stereocenters. The van der Waals surface area contributed by atoms with Gasteiger partial charge in [0.2, 0.25) is 0 Å². The lowest BCUT2D eigenvalue weighted by molar-refractivity contribution is -0.00760. The molecule has 1 aliphatic carbocycles. The standard InChI is InChI=1S/C26H34ClN3O6/c1-25(2,3)35-23(32)30(24(33)36-26(4,5)6)19-11-9-16-17(27)10-8-15(20(16)19)14-29-18-12-13-28-21(18)22(31)34-7/h8,10,12-13,19,28-29H,9,11,14H2,1-7H3. The van der Waals surface area contributed by atoms with E-state index in [0.29, 0.717) is 35.8 Å². The molecule has 0 aliphatic heterocycles. The Kier molecular flexibility index (Phi) is 7.93. The summed E-state index contributed by atoms with van der Waals surface area (Å²) in [6, 6.07) is 4.74. The van der Waals surface area contributed by atoms with Crippen molar-refractivity contribution in [3.05, 3.63) is 51.8 Å². The summed E-state index contributed by atoms with van der Waals surface area (Å²) >= 11 is 6.53. The van der Waals surface area contributed by atoms with Gasteiger partial charge in [0.15, 0.2) is 0 Å². The van der Waals surface area contributed by atoms with Crippen molar-refractivity contribution in [2.45, 2.75) is 78.2 Å². The van der Waals surface area contributed by atoms with Crippen molar-refractivity contribution < 1.29 is 28.6 Å². The van der Waals surface area contributed by atoms with Crippen LogP contribution in [0.25, 0.3) is 0 Å². The van der Waals surface area contributed by atoms with Crippen LogP contribution in [0.4, 0.5) is 15.3 Å². The zero-order chi connectivity index (χ0) is 26.8. The van der Waals surface area contributed by atoms with E-state index in [9.17, 15) is 14.4 Å². The summed E-state index contributed by atoms with van der Waals surface area (Å²) in [6.07, 6.45) is 1.12. The monoisotopic (exact) mass is 519 g/mol. The van der Waals surface area contributed by atoms with E-state index in [1.54, 1.807) is 59.9 Å². The first kappa shape index (κ1) is 27.4. The highest BCUT2D eigenvalue weighted by atomic mass is 35.5. The van der Waals surface area contributed by atoms with Gasteiger partial charge < -0.3 is 24.5 Å². The minimum Gasteiger partial charge on any atom is -0.464 e. The van der Waals surface area contributed by atoms with Crippen molar-refractivity contribution >= 4 is 35.4 Å². The van der Waals surface area contributed by atoms with Crippen LogP contribution in [-0.4, -0.2) is 46.4 Å². The normalized spacial score (nSPS) is 15.2. The largest absolute Gasteiger partial charge is 0.464 e. The first-order valence-electron chi connectivity index (χ1n) is 11.8. The number of aromatic amines is 1. The predicted molar refractivity (Wildman–Crippen MR) is 136 cm³/mol. The lowest BCUT2D eigenvalue weighted by atomic mass is 9.99. The van der Waals surface area contributed by atoms with Gasteiger partial charge in [0.25, 0.3) is 0 Å². The Labute approximate surface area is 216 Å². The smallest absolute Gasteiger partial charge is 0.420 e. The molecule has 36 heavy (non-hydrogen) atoms. The minimum absolute atomic E-state index is 0.295. The number of amides is 2. The van der Waals surface area contributed by atoms with Crippen molar-refractivity contribution in [1.29, 1.82) is 0 Å². The maximum Gasteiger partial charge on any atom is 0.420 e. The van der Waals surface area contributed by atoms with Gasteiger partial charge >= 0.3 is 18.2 Å². The van der Waals surface area contributed by atoms with Gasteiger partial charge in [-0.3, -0.25) is 0 Å². The molecule has 9 nitrogen and oxygen atoms in total. The first-order valence-corrected chi connectivity index (χ1v) is 12.1. The van der Waals surface area contributed by atoms with Crippen LogP contribution in [0.5, 0.6) is 0 Å². The van der Waals surface area contributed by atoms with Gasteiger partial charge in [-0.05, 0) is 83.2 Å². The van der Waals surface area contributed by atoms with Gasteiger partial charge in [0.1, 0.15) is 16.9 Å². The number of nitrogens with one attached hydrogen (secondary N) is 2. The van der Waals surface area contributed by atoms with Crippen molar-refractivity contribution in [2.24, 2.45) is 0 Å². The van der Waals surface area contributed by atoms with Gasteiger partial charge in [-0.2, -0.15) is 0 Å². The second-order valence-electron chi connectivity index (χ2n) is 10.6. The van der Waals surface area contributed by atoms with Gasteiger partial charge in [0, 0.05) is 17.8 Å². The molecule has 196 valence electrons. The molecule has 1 heterocycles. The molecule has 1 aromatic heterocycles. The number of hydrogen-bond acceptors (Lipinski definition) is 7. The van der Waals surface area contributed by atoms with Crippen LogP contribution < -0.4 is 5.32 Å². The molecule has 10 heteroatoms. The van der Waals surface area contributed by atoms with E-state index < -0.39 is 35.4 Å². The molecule has 1 aromatic carbocycles. The van der Waals surface area contributed by atoms with E-state index in [0.717, 1.165) is 21.6 Å². The number of hydrogen-bond donors (Lipinski definition) is 2. The van der Waals surface area contributed by atoms with Crippen molar-refractivity contribution in [2.75, 3.05) is 12.4 Å². The molecule has 0 radical (unpaired) electrons. The fourth-order valence-electron chi connectivity index (χ4n) is 4.12. The minimum atomic E-state index is -0.809. The number of carbonyl (C=O) groups excluding carboxylic acids is 3. The van der Waals surface area contributed by atoms with Crippen LogP contribution in [-0.2, 0) is 27.2 Å². The maximum atomic E-state index is 13.3. The molecule has 0 bridgehead atoms. The second kappa shape index (κ2) is 10.4. The molecular weight excluding hydrogens is 486 g/mol. The van der Waals surface area contributed by atoms with Crippen LogP contribution in [0.3, 0.4) is 0 Å². The average Bonchev–Trinajstić information content (AvgIpc) is 3.38. The maximum absolute atomic E-state index is 13.3. The first-order chi connectivity index (χ1) is 16.7. The Morgan fingerprint density at radius 3 is 2.22 bits per heavy atom. The third kappa shape index (κ3) is 6.32. The summed E-state index contributed by atoms with van der Waals surface area (Å²) in [7, 11) is 1.31. The number of fused-ring (bicyclic) bond motifs is 1. The molecule has 0 saturated heterocycles. The molecule has 1 unspecified atom stereocenters. The Bertz CT molecular complexity index is 1120. The summed E-state index contributed by atoms with van der Waals surface area (Å²) in [5, 5.41) is 3.80. The Morgan fingerprint density at radius 1 is 1.06 bits per heavy atom. The van der Waals surface area contributed by atoms with E-state index in [1.165, 1.54) is 7.11 Å². The van der Waals surface area contributed by atoms with Crippen molar-refractivity contribution in [3.63, 3.8) is 0 Å². The Balaban J connectivity index is 1.99. The number of aromatic nitrogens is 1. The number of methoxy groups -OCH3 is 1. The van der Waals surface area contributed by atoms with E-state index in [4.69, 9.17) is 25.8 Å². The molecule has 0 fully saturated rings. The van der Waals surface area contributed by atoms with Crippen LogP contribution >= 0.6 is 11.6 Å². The number of H-pyrrole nitrogens is 1. The highest BCUT2D eigenvalue weighted by Gasteiger charge is 2.41. The molecule has 2 N–H and O–H groups in total. The summed E-state index contributed by atoms with van der Waals surface area (Å²) in [4.78, 5) is 42.5. The van der Waals surface area contributed by atoms with E-state index in [1.807, 2.05) is 6.07 Å². The van der Waals surface area contributed by atoms with E-state index in [-0.39, 0.29) is 0 Å². The summed E-state index contributed by atoms with van der Waals surface area (Å²) in [6.45, 7) is 10.7. The number of rotatable bonds is 5. The molecule has 0 saturated carbocycles. The van der Waals surface area contributed by atoms with E-state index in [2.05, 4.69) is 10.3 Å². The second-order valence-corrected chi connectivity index (χ2v) is 11.0. The van der Waals surface area contributed by atoms with Crippen LogP contribution in [0.1, 0.15) is 81.2 Å². The molecule has 1 aliphatic rings. The van der Waals surface area contributed by atoms with Gasteiger partial charge in [0.05, 0.1) is 18.8 Å². The topological polar surface area (TPSA) is 110 Å². The molecule has 0 spiro atoms. The van der Waals surface area contributed by atoms with Gasteiger partial charge in [-0.25, -0.2) is 19.3 Å². The van der Waals surface area contributed by atoms with Crippen LogP contribution in [0.2, 0.25) is 5.02 Å². The SMILES string of the molecule is COC(=O)c1[nH]ccc1NCc1ccc(Cl)c2c1C(N(C(=O)OC(C)(C)C)C(=O)OC(C)(C)C)CC2. The number of halogens is 1. The Morgan fingerprint density at radius 2 is 1.67 bits per heavy atom. The lowest BCUT2D eigenvalue weighted by Gasteiger charge is -2.33. The third-order valence-electron chi connectivity index (χ3n) is 5.49. The van der Waals surface area contributed by atoms with Crippen molar-refractivity contribution in [1.82, 2.24) is 9.88 Å². The molecule has 3 rings (SSSR count). The zero-order valence-corrected chi connectivity index (χ0v) is 22.5. The highest BCUT2D eigenvalue weighted by molar-refractivity contribution is 6.31. The number of ether oxygens (including phenoxy) is 3. The summed E-state index contributed by atoms with van der Waals surface area (Å²) < 4.78 is 16.0. The Hall–Kier alpha value is -3.20. The number of anilines is 1. The fourth-order valence-corrected chi connectivity index (χ4v) is 4.38. The fraction of sp³-hybridized carbons (Fsp3) is 0.500. The summed E-state index contributed by atoms with van der Waals surface area (Å²) in [5.74, 6) is -0.497. The highest BCUT2D eigenvalue weighted by Crippen LogP contribution is 2.43. The number of imide groups is 1. The average molecular weight is 520 g/mol. The molecular formula is C26H34ClN3O6. The van der Waals surface area contributed by atoms with Crippen LogP contribution in [0, 0.1) is 0 Å². The van der Waals surface area contributed by atoms with E-state index >= 15 is 0 Å². The van der Waals surface area contributed by atoms with Gasteiger partial charge in [-0.15, -0.1) is 0 Å². The predicted octanol–water partition coefficient (Wildman–Crippen LogP) is 6.23. The number of nitrogens with zero attached hydrogens (tertiary/aromatic N) is 1. The lowest BCUT2D eigenvalue weighted by Crippen LogP contribution is -2.45. The quantitative estimate of drug-likeness (QED) is 0.356. The summed E-state index contributed by atoms with van der Waals surface area (Å²) in [5.41, 5.74) is 1.69. The third-order valence-corrected chi connectivity index (χ3v) is 5.84. The number of esters is 1. The number of carbonyl (C=O) groups is 3. The molecule has 2 aromatic rings. The van der Waals surface area contributed by atoms with Crippen LogP contribution in [0.15, 0.2) is 24.4 Å². The van der Waals surface area contributed by atoms with Crippen molar-refractivity contribution in [3.8, 4) is 0 Å². The zero-order valence-electron chi connectivity index (χ0n) is 21.8. The van der Waals surface area contributed by atoms with Gasteiger partial charge in [-0.1, -0.05) is 17.7 Å².